The van der Waals surface area contributed by atoms with Crippen molar-refractivity contribution in [2.45, 2.75) is 194 Å². The first-order valence-corrected chi connectivity index (χ1v) is 45.6. The smallest absolute Gasteiger partial charge is 0.300 e. The number of carbonyl (C=O) groups excluding carboxylic acids is 1. The molecular formula is C83H125N2O4P7. The second-order valence-electron chi connectivity index (χ2n) is 24.9. The van der Waals surface area contributed by atoms with E-state index in [1.807, 2.05) is 0 Å². The van der Waals surface area contributed by atoms with E-state index in [4.69, 9.17) is 20.0 Å². The minimum absolute atomic E-state index is 0.0452. The molecule has 7 aromatic carbocycles. The van der Waals surface area contributed by atoms with Crippen molar-refractivity contribution < 1.29 is 19.8 Å². The van der Waals surface area contributed by atoms with Gasteiger partial charge in [-0.05, 0) is 180 Å². The largest absolute Gasteiger partial charge is 0.512 e. The van der Waals surface area contributed by atoms with Gasteiger partial charge in [-0.3, -0.25) is 14.6 Å². The molecule has 0 fully saturated rings. The van der Waals surface area contributed by atoms with Crippen LogP contribution in [-0.2, 0) is 9.59 Å². The molecule has 96 heavy (non-hydrogen) atoms. The maximum Gasteiger partial charge on any atom is 0.300 e. The standard InChI is InChI=1S/C31H35P3.C29H42N2.C8H10.C5H8O2.2C4H10.C2H4O2.H6P4/c1-2-23-32(24-26-33(28-15-7-3-8-16-28)29-17-9-4-10-18-29)25-27-34(30-19-11-5-12-20-30)31-21-13-6-14-22-31;1-18(2)24-13-11-14-25(19(3)4)28(24)30-22(9)17-23(10)31-29-26(20(5)6)15-12-16-27(29)21(7)8;1-7-5-3-4-6-8(7)2;1-4(6)3-5(2)7;2*1-3-4-2;1-2(3)4;1-4(2)3/h3-22H,2,23-27H2,1H3;11-21,30H,1-10H3;3-6H,1-2H3;3,6H,1-2H3;2*3-4H2,1-2H3;1H3,(H,3,4);1-3H2. The molecule has 0 aliphatic heterocycles. The molecule has 7 aromatic rings. The fourth-order valence-corrected chi connectivity index (χ4v) is 18.4. The topological polar surface area (TPSA) is 99.0 Å². The van der Waals surface area contributed by atoms with E-state index in [0.29, 0.717) is 23.7 Å². The highest BCUT2D eigenvalue weighted by Gasteiger charge is 2.20. The number of anilines is 1. The van der Waals surface area contributed by atoms with Crippen LogP contribution in [0.1, 0.15) is 214 Å². The number of carboxylic acids is 1. The van der Waals surface area contributed by atoms with Gasteiger partial charge in [0.25, 0.3) is 5.97 Å². The van der Waals surface area contributed by atoms with Crippen LogP contribution in [0.25, 0.3) is 0 Å². The lowest BCUT2D eigenvalue weighted by atomic mass is 9.92. The Labute approximate surface area is 597 Å². The number of hydrogen-bond donors (Lipinski definition) is 3. The van der Waals surface area contributed by atoms with Crippen molar-refractivity contribution in [2.75, 3.05) is 36.1 Å². The summed E-state index contributed by atoms with van der Waals surface area (Å²) in [6.45, 7) is 41.6. The average molecular weight is 1430 g/mol. The Morgan fingerprint density at radius 3 is 0.958 bits per heavy atom. The van der Waals surface area contributed by atoms with Crippen LogP contribution in [0.5, 0.6) is 0 Å². The van der Waals surface area contributed by atoms with E-state index in [-0.39, 0.29) is 42.3 Å². The van der Waals surface area contributed by atoms with Gasteiger partial charge >= 0.3 is 0 Å². The number of benzene rings is 7. The molecule has 3 unspecified atom stereocenters. The molecule has 6 nitrogen and oxygen atoms in total. The van der Waals surface area contributed by atoms with Gasteiger partial charge < -0.3 is 15.5 Å². The number of rotatable bonds is 23. The molecule has 7 rings (SSSR count). The van der Waals surface area contributed by atoms with E-state index < -0.39 is 5.97 Å². The predicted molar refractivity (Wildman–Crippen MR) is 453 cm³/mol. The van der Waals surface area contributed by atoms with E-state index in [1.54, 1.807) is 0 Å². The van der Waals surface area contributed by atoms with Gasteiger partial charge in [-0.2, -0.15) is 0 Å². The third-order valence-corrected chi connectivity index (χ3v) is 23.2. The molecule has 0 bridgehead atoms. The van der Waals surface area contributed by atoms with Crippen molar-refractivity contribution in [3.63, 3.8) is 0 Å². The Bertz CT molecular complexity index is 2990. The minimum atomic E-state index is -0.833. The lowest BCUT2D eigenvalue weighted by molar-refractivity contribution is -0.134. The van der Waals surface area contributed by atoms with Crippen LogP contribution in [0.15, 0.2) is 211 Å². The third kappa shape index (κ3) is 41.8. The molecular weight excluding hydrogens is 1310 g/mol. The number of aliphatic hydroxyl groups excluding tert-OH is 1. The molecule has 0 amide bonds. The first kappa shape index (κ1) is 91.4. The number of aliphatic imine (C=N–C) groups is 1. The number of hydrogen-bond acceptors (Lipinski definition) is 5. The SMILES string of the molecule is CC(=CC(C)=Nc1c(C(C)C)cccc1C(C)C)Nc1c(C(C)C)cccc1C(C)C.CC(=O)C=C(C)O.CC(=O)O.CCCC.CCCC.CCCP(CCP(c1ccccc1)c1ccccc1)CCP(c1ccccc1)c1ccccc1.Cc1ccccc1C.PP(P)P. The monoisotopic (exact) mass is 1430 g/mol. The minimum Gasteiger partial charge on any atom is -0.512 e. The molecule has 0 spiro atoms. The van der Waals surface area contributed by atoms with E-state index in [2.05, 4.69) is 338 Å². The summed E-state index contributed by atoms with van der Waals surface area (Å²) in [6.07, 6.45) is 16.7. The van der Waals surface area contributed by atoms with E-state index in [0.717, 1.165) is 24.0 Å². The molecule has 0 aromatic heterocycles. The van der Waals surface area contributed by atoms with Gasteiger partial charge in [0.1, 0.15) is 0 Å². The predicted octanol–water partition coefficient (Wildman–Crippen LogP) is 25.3. The fourth-order valence-electron chi connectivity index (χ4n) is 9.43. The number of allylic oxidation sites excluding steroid dienone is 4. The van der Waals surface area contributed by atoms with Crippen molar-refractivity contribution in [3.8, 4) is 0 Å². The highest BCUT2D eigenvalue weighted by Crippen LogP contribution is 2.60. The number of aliphatic carboxylic acids is 1. The van der Waals surface area contributed by atoms with E-state index in [9.17, 15) is 4.79 Å². The Balaban J connectivity index is 0.00000131. The number of para-hydroxylation sites is 2. The maximum atomic E-state index is 10.0. The zero-order valence-corrected chi connectivity index (χ0v) is 69.6. The van der Waals surface area contributed by atoms with Crippen molar-refractivity contribution in [1.29, 1.82) is 0 Å². The Kier molecular flexibility index (Phi) is 52.6. The molecule has 3 atom stereocenters. The summed E-state index contributed by atoms with van der Waals surface area (Å²) in [7, 11) is 7.42. The number of aryl methyl sites for hydroxylation is 2. The molecule has 0 saturated carbocycles. The van der Waals surface area contributed by atoms with Crippen molar-refractivity contribution in [2.24, 2.45) is 4.99 Å². The van der Waals surface area contributed by atoms with Gasteiger partial charge in [-0.25, -0.2) is 0 Å². The molecule has 13 heteroatoms. The van der Waals surface area contributed by atoms with Gasteiger partial charge in [-0.1, -0.05) is 304 Å². The summed E-state index contributed by atoms with van der Waals surface area (Å²) in [4.78, 5) is 24.1. The number of unbranched alkanes of at least 4 members (excludes halogenated alkanes) is 2. The third-order valence-electron chi connectivity index (χ3n) is 14.7. The van der Waals surface area contributed by atoms with Gasteiger partial charge in [0, 0.05) is 30.1 Å². The van der Waals surface area contributed by atoms with Crippen LogP contribution >= 0.6 is 57.5 Å². The second kappa shape index (κ2) is 55.2. The Hall–Kier alpha value is -4.56. The number of aliphatic hydroxyl groups is 1. The molecule has 0 aliphatic rings. The van der Waals surface area contributed by atoms with Crippen LogP contribution in [0.4, 0.5) is 11.4 Å². The molecule has 526 valence electrons. The highest BCUT2D eigenvalue weighted by atomic mass is 32.7. The van der Waals surface area contributed by atoms with Crippen LogP contribution in [0.3, 0.4) is 0 Å². The van der Waals surface area contributed by atoms with Crippen LogP contribution in [0.2, 0.25) is 0 Å². The van der Waals surface area contributed by atoms with Crippen molar-refractivity contribution in [3.05, 3.63) is 239 Å². The van der Waals surface area contributed by atoms with Crippen LogP contribution < -0.4 is 26.5 Å². The average Bonchev–Trinajstić information content (AvgIpc) is 0.842. The van der Waals surface area contributed by atoms with E-state index in [1.165, 1.54) is 143 Å². The summed E-state index contributed by atoms with van der Waals surface area (Å²) in [5.74, 6) is 0.929. The normalized spacial score (nSPS) is 11.1. The lowest BCUT2D eigenvalue weighted by Gasteiger charge is -2.25. The molecule has 0 heterocycles. The molecule has 0 saturated heterocycles. The van der Waals surface area contributed by atoms with Gasteiger partial charge in [0.05, 0.1) is 11.4 Å². The quantitative estimate of drug-likeness (QED) is 0.0257. The van der Waals surface area contributed by atoms with Crippen LogP contribution in [-0.4, -0.2) is 58.5 Å². The molecule has 0 aliphatic carbocycles. The first-order valence-electron chi connectivity index (χ1n) is 34.5. The lowest BCUT2D eigenvalue weighted by Crippen LogP contribution is -2.17. The number of nitrogens with one attached hydrogen (secondary N) is 1. The Morgan fingerprint density at radius 1 is 0.427 bits per heavy atom. The summed E-state index contributed by atoms with van der Waals surface area (Å²) in [6, 6.07) is 66.5. The van der Waals surface area contributed by atoms with Gasteiger partial charge in [-0.15, -0.1) is 34.7 Å². The number of carbonyl (C=O) groups is 2. The van der Waals surface area contributed by atoms with Crippen molar-refractivity contribution in [1.82, 2.24) is 0 Å². The second-order valence-corrected chi connectivity index (χ2v) is 43.8. The maximum absolute atomic E-state index is 10.0. The highest BCUT2D eigenvalue weighted by molar-refractivity contribution is 8.65. The van der Waals surface area contributed by atoms with Gasteiger partial charge in [0.15, 0.2) is 5.78 Å². The summed E-state index contributed by atoms with van der Waals surface area (Å²) >= 11 is 0. The fraction of sp³-hybridized carbons (Fsp3) is 0.410. The summed E-state index contributed by atoms with van der Waals surface area (Å²) in [5, 5.41) is 25.6. The van der Waals surface area contributed by atoms with Crippen LogP contribution in [0, 0.1) is 13.8 Å². The summed E-state index contributed by atoms with van der Waals surface area (Å²) in [5.41, 5.74) is 12.6. The van der Waals surface area contributed by atoms with E-state index >= 15 is 0 Å². The molecule has 3 N–H and O–H groups in total. The zero-order chi connectivity index (χ0) is 72.5. The van der Waals surface area contributed by atoms with Gasteiger partial charge in [0.2, 0.25) is 0 Å². The number of ketones is 1. The first-order chi connectivity index (χ1) is 45.6. The zero-order valence-electron chi connectivity index (χ0n) is 62.5. The number of nitrogens with zero attached hydrogens (tertiary/aromatic N) is 1. The Morgan fingerprint density at radius 2 is 0.719 bits per heavy atom. The van der Waals surface area contributed by atoms with Crippen molar-refractivity contribution >= 4 is 108 Å². The summed E-state index contributed by atoms with van der Waals surface area (Å²) < 4.78 is 0. The molecule has 0 radical (unpaired) electrons. The number of carboxylic acid groups (broad SMARTS) is 1.